The van der Waals surface area contributed by atoms with Crippen LogP contribution in [0.15, 0.2) is 0 Å². The first-order valence-corrected chi connectivity index (χ1v) is 5.43. The quantitative estimate of drug-likeness (QED) is 0.589. The molecule has 1 unspecified atom stereocenters. The highest BCUT2D eigenvalue weighted by molar-refractivity contribution is 4.53. The SMILES string of the molecule is CNCCCC(C)OCCC(C)C. The van der Waals surface area contributed by atoms with Crippen molar-refractivity contribution in [3.05, 3.63) is 0 Å². The van der Waals surface area contributed by atoms with E-state index in [4.69, 9.17) is 4.74 Å². The van der Waals surface area contributed by atoms with Gasteiger partial charge >= 0.3 is 0 Å². The molecule has 1 N–H and O–H groups in total. The normalized spacial score (nSPS) is 13.6. The van der Waals surface area contributed by atoms with Gasteiger partial charge in [-0.15, -0.1) is 0 Å². The monoisotopic (exact) mass is 187 g/mol. The smallest absolute Gasteiger partial charge is 0.0547 e. The molecule has 13 heavy (non-hydrogen) atoms. The van der Waals surface area contributed by atoms with Gasteiger partial charge in [0.15, 0.2) is 0 Å². The third kappa shape index (κ3) is 9.84. The lowest BCUT2D eigenvalue weighted by atomic mass is 10.1. The molecule has 2 nitrogen and oxygen atoms in total. The van der Waals surface area contributed by atoms with Gasteiger partial charge in [0.1, 0.15) is 0 Å². The first-order valence-electron chi connectivity index (χ1n) is 5.43. The van der Waals surface area contributed by atoms with Crippen molar-refractivity contribution in [2.45, 2.75) is 46.1 Å². The van der Waals surface area contributed by atoms with Crippen LogP contribution in [-0.2, 0) is 4.74 Å². The number of hydrogen-bond acceptors (Lipinski definition) is 2. The zero-order chi connectivity index (χ0) is 10.1. The van der Waals surface area contributed by atoms with E-state index >= 15 is 0 Å². The lowest BCUT2D eigenvalue weighted by Gasteiger charge is -2.13. The molecule has 0 aliphatic carbocycles. The summed E-state index contributed by atoms with van der Waals surface area (Å²) in [7, 11) is 1.99. The van der Waals surface area contributed by atoms with Crippen molar-refractivity contribution in [1.82, 2.24) is 5.32 Å². The highest BCUT2D eigenvalue weighted by Crippen LogP contribution is 2.04. The summed E-state index contributed by atoms with van der Waals surface area (Å²) in [4.78, 5) is 0. The van der Waals surface area contributed by atoms with Crippen LogP contribution in [0, 0.1) is 5.92 Å². The summed E-state index contributed by atoms with van der Waals surface area (Å²) in [5.74, 6) is 0.754. The van der Waals surface area contributed by atoms with Crippen molar-refractivity contribution in [2.24, 2.45) is 5.92 Å². The topological polar surface area (TPSA) is 21.3 Å². The van der Waals surface area contributed by atoms with Crippen LogP contribution < -0.4 is 5.32 Å². The average molecular weight is 187 g/mol. The molecule has 0 saturated heterocycles. The van der Waals surface area contributed by atoms with Gasteiger partial charge in [0, 0.05) is 6.61 Å². The van der Waals surface area contributed by atoms with Gasteiger partial charge in [-0.1, -0.05) is 13.8 Å². The fourth-order valence-electron chi connectivity index (χ4n) is 1.15. The molecule has 1 atom stereocenters. The maximum absolute atomic E-state index is 5.67. The van der Waals surface area contributed by atoms with Crippen LogP contribution in [0.1, 0.15) is 40.0 Å². The summed E-state index contributed by atoms with van der Waals surface area (Å²) < 4.78 is 5.67. The van der Waals surface area contributed by atoms with Crippen LogP contribution in [0.4, 0.5) is 0 Å². The second-order valence-corrected chi connectivity index (χ2v) is 4.11. The van der Waals surface area contributed by atoms with Crippen LogP contribution in [-0.4, -0.2) is 26.3 Å². The third-order valence-corrected chi connectivity index (χ3v) is 2.13. The number of ether oxygens (including phenoxy) is 1. The Morgan fingerprint density at radius 1 is 1.15 bits per heavy atom. The molecule has 0 saturated carbocycles. The minimum Gasteiger partial charge on any atom is -0.378 e. The minimum absolute atomic E-state index is 0.423. The van der Waals surface area contributed by atoms with E-state index in [0.717, 1.165) is 19.1 Å². The molecule has 0 aromatic heterocycles. The predicted octanol–water partition coefficient (Wildman–Crippen LogP) is 2.44. The Morgan fingerprint density at radius 2 is 1.85 bits per heavy atom. The lowest BCUT2D eigenvalue weighted by Crippen LogP contribution is -2.14. The Kier molecular flexibility index (Phi) is 8.46. The van der Waals surface area contributed by atoms with Crippen molar-refractivity contribution in [3.63, 3.8) is 0 Å². The van der Waals surface area contributed by atoms with Crippen LogP contribution in [0.25, 0.3) is 0 Å². The Morgan fingerprint density at radius 3 is 2.38 bits per heavy atom. The van der Waals surface area contributed by atoms with E-state index in [1.54, 1.807) is 0 Å². The van der Waals surface area contributed by atoms with Crippen molar-refractivity contribution < 1.29 is 4.74 Å². The van der Waals surface area contributed by atoms with Crippen LogP contribution in [0.5, 0.6) is 0 Å². The first-order chi connectivity index (χ1) is 6.16. The number of hydrogen-bond donors (Lipinski definition) is 1. The van der Waals surface area contributed by atoms with E-state index in [2.05, 4.69) is 26.1 Å². The molecular weight excluding hydrogens is 162 g/mol. The van der Waals surface area contributed by atoms with Crippen LogP contribution in [0.2, 0.25) is 0 Å². The minimum atomic E-state index is 0.423. The van der Waals surface area contributed by atoms with E-state index in [9.17, 15) is 0 Å². The Balaban J connectivity index is 3.15. The van der Waals surface area contributed by atoms with Gasteiger partial charge in [-0.2, -0.15) is 0 Å². The van der Waals surface area contributed by atoms with Crippen molar-refractivity contribution in [1.29, 1.82) is 0 Å². The molecule has 0 aromatic carbocycles. The van der Waals surface area contributed by atoms with E-state index in [0.29, 0.717) is 6.10 Å². The molecule has 0 spiro atoms. The van der Waals surface area contributed by atoms with Gasteiger partial charge in [0.25, 0.3) is 0 Å². The largest absolute Gasteiger partial charge is 0.378 e. The highest BCUT2D eigenvalue weighted by atomic mass is 16.5. The molecule has 0 aliphatic heterocycles. The summed E-state index contributed by atoms with van der Waals surface area (Å²) in [6, 6.07) is 0. The molecule has 0 bridgehead atoms. The second-order valence-electron chi connectivity index (χ2n) is 4.11. The molecule has 80 valence electrons. The molecule has 0 heterocycles. The van der Waals surface area contributed by atoms with Gasteiger partial charge in [-0.25, -0.2) is 0 Å². The standard InChI is InChI=1S/C11H25NO/c1-10(2)7-9-13-11(3)6-5-8-12-4/h10-12H,5-9H2,1-4H3. The molecule has 0 rings (SSSR count). The molecular formula is C11H25NO. The van der Waals surface area contributed by atoms with E-state index in [1.807, 2.05) is 7.05 Å². The zero-order valence-electron chi connectivity index (χ0n) is 9.60. The maximum atomic E-state index is 5.67. The van der Waals surface area contributed by atoms with Gasteiger partial charge in [0.2, 0.25) is 0 Å². The molecule has 0 aliphatic rings. The number of nitrogens with one attached hydrogen (secondary N) is 1. The summed E-state index contributed by atoms with van der Waals surface area (Å²) in [5.41, 5.74) is 0. The summed E-state index contributed by atoms with van der Waals surface area (Å²) >= 11 is 0. The van der Waals surface area contributed by atoms with Gasteiger partial charge in [-0.05, 0) is 45.7 Å². The van der Waals surface area contributed by atoms with E-state index < -0.39 is 0 Å². The van der Waals surface area contributed by atoms with Crippen LogP contribution >= 0.6 is 0 Å². The van der Waals surface area contributed by atoms with Crippen molar-refractivity contribution in [3.8, 4) is 0 Å². The molecule has 0 aromatic rings. The average Bonchev–Trinajstić information content (AvgIpc) is 2.04. The third-order valence-electron chi connectivity index (χ3n) is 2.13. The second kappa shape index (κ2) is 8.52. The van der Waals surface area contributed by atoms with E-state index in [-0.39, 0.29) is 0 Å². The van der Waals surface area contributed by atoms with Gasteiger partial charge < -0.3 is 10.1 Å². The fraction of sp³-hybridized carbons (Fsp3) is 1.00. The maximum Gasteiger partial charge on any atom is 0.0547 e. The highest BCUT2D eigenvalue weighted by Gasteiger charge is 2.01. The van der Waals surface area contributed by atoms with Crippen molar-refractivity contribution in [2.75, 3.05) is 20.2 Å². The number of rotatable bonds is 8. The Bertz CT molecular complexity index is 104. The van der Waals surface area contributed by atoms with Gasteiger partial charge in [0.05, 0.1) is 6.10 Å². The fourth-order valence-corrected chi connectivity index (χ4v) is 1.15. The predicted molar refractivity (Wildman–Crippen MR) is 58.0 cm³/mol. The summed E-state index contributed by atoms with van der Waals surface area (Å²) in [6.07, 6.45) is 3.97. The lowest BCUT2D eigenvalue weighted by molar-refractivity contribution is 0.0522. The molecule has 0 fully saturated rings. The summed E-state index contributed by atoms with van der Waals surface area (Å²) in [5, 5.41) is 3.14. The van der Waals surface area contributed by atoms with E-state index in [1.165, 1.54) is 19.3 Å². The zero-order valence-corrected chi connectivity index (χ0v) is 9.60. The molecule has 2 heteroatoms. The first kappa shape index (κ1) is 12.9. The van der Waals surface area contributed by atoms with Crippen molar-refractivity contribution >= 4 is 0 Å². The molecule has 0 amide bonds. The Hall–Kier alpha value is -0.0800. The molecule has 0 radical (unpaired) electrons. The van der Waals surface area contributed by atoms with Gasteiger partial charge in [-0.3, -0.25) is 0 Å². The van der Waals surface area contributed by atoms with Crippen LogP contribution in [0.3, 0.4) is 0 Å². The summed E-state index contributed by atoms with van der Waals surface area (Å²) in [6.45, 7) is 8.64. The Labute approximate surface area is 83.1 Å².